The lowest BCUT2D eigenvalue weighted by Crippen LogP contribution is -2.35. The molecule has 2 amide bonds. The first-order valence-corrected chi connectivity index (χ1v) is 11.8. The van der Waals surface area contributed by atoms with Crippen LogP contribution in [0.4, 0.5) is 5.69 Å². The van der Waals surface area contributed by atoms with Gasteiger partial charge in [0.1, 0.15) is 17.2 Å². The highest BCUT2D eigenvalue weighted by Gasteiger charge is 2.39. The molecule has 0 saturated heterocycles. The van der Waals surface area contributed by atoms with E-state index in [4.69, 9.17) is 14.2 Å². The Morgan fingerprint density at radius 2 is 1.62 bits per heavy atom. The zero-order valence-corrected chi connectivity index (χ0v) is 20.6. The zero-order valence-electron chi connectivity index (χ0n) is 20.6. The third-order valence-electron chi connectivity index (χ3n) is 5.03. The maximum absolute atomic E-state index is 13.4. The van der Waals surface area contributed by atoms with Gasteiger partial charge in [-0.3, -0.25) is 14.5 Å². The fourth-order valence-corrected chi connectivity index (χ4v) is 3.54. The van der Waals surface area contributed by atoms with Gasteiger partial charge in [0, 0.05) is 11.8 Å². The van der Waals surface area contributed by atoms with Crippen LogP contribution in [0.1, 0.15) is 46.6 Å². The van der Waals surface area contributed by atoms with Crippen LogP contribution in [0.3, 0.4) is 0 Å². The Morgan fingerprint density at radius 3 is 2.26 bits per heavy atom. The predicted octanol–water partition coefficient (Wildman–Crippen LogP) is 4.88. The second-order valence-electron chi connectivity index (χ2n) is 8.62. The summed E-state index contributed by atoms with van der Waals surface area (Å²) in [5.74, 6) is 0.669. The Kier molecular flexibility index (Phi) is 8.71. The molecule has 1 aliphatic rings. The lowest BCUT2D eigenvalue weighted by Gasteiger charge is -2.16. The molecule has 7 heteroatoms. The van der Waals surface area contributed by atoms with Crippen LogP contribution in [0.5, 0.6) is 11.5 Å². The van der Waals surface area contributed by atoms with Gasteiger partial charge in [0.05, 0.1) is 37.5 Å². The van der Waals surface area contributed by atoms with Gasteiger partial charge in [0.2, 0.25) is 0 Å². The van der Waals surface area contributed by atoms with E-state index in [1.807, 2.05) is 58.9 Å². The van der Waals surface area contributed by atoms with Gasteiger partial charge < -0.3 is 19.5 Å². The van der Waals surface area contributed by atoms with Crippen LogP contribution in [0, 0.1) is 0 Å². The molecule has 0 bridgehead atoms. The van der Waals surface area contributed by atoms with Gasteiger partial charge >= 0.3 is 0 Å². The number of amides is 2. The maximum Gasteiger partial charge on any atom is 0.278 e. The molecule has 182 valence electrons. The fourth-order valence-electron chi connectivity index (χ4n) is 3.54. The number of hydrogen-bond donors (Lipinski definition) is 1. The number of carbonyl (C=O) groups is 2. The van der Waals surface area contributed by atoms with Crippen LogP contribution in [-0.2, 0) is 14.3 Å². The number of anilines is 1. The van der Waals surface area contributed by atoms with Gasteiger partial charge in [-0.2, -0.15) is 0 Å². The molecule has 0 atom stereocenters. The van der Waals surface area contributed by atoms with Crippen LogP contribution in [0.2, 0.25) is 0 Å². The molecule has 2 aromatic rings. The summed E-state index contributed by atoms with van der Waals surface area (Å²) in [6.45, 7) is 10.8. The van der Waals surface area contributed by atoms with E-state index in [1.54, 1.807) is 24.3 Å². The number of nitrogens with zero attached hydrogens (tertiary/aromatic N) is 1. The Hall–Kier alpha value is -3.32. The van der Waals surface area contributed by atoms with Crippen molar-refractivity contribution in [3.05, 3.63) is 59.8 Å². The second kappa shape index (κ2) is 11.7. The lowest BCUT2D eigenvalue weighted by atomic mass is 10.0. The summed E-state index contributed by atoms with van der Waals surface area (Å²) >= 11 is 0. The van der Waals surface area contributed by atoms with E-state index in [2.05, 4.69) is 5.32 Å². The average Bonchev–Trinajstić information content (AvgIpc) is 3.02. The molecule has 0 saturated carbocycles. The minimum atomic E-state index is -0.380. The summed E-state index contributed by atoms with van der Waals surface area (Å²) in [6, 6.07) is 14.6. The highest BCUT2D eigenvalue weighted by Crippen LogP contribution is 2.32. The largest absolute Gasteiger partial charge is 0.494 e. The highest BCUT2D eigenvalue weighted by atomic mass is 16.5. The minimum absolute atomic E-state index is 0.0113. The molecule has 0 radical (unpaired) electrons. The van der Waals surface area contributed by atoms with Crippen LogP contribution in [0.25, 0.3) is 5.57 Å². The van der Waals surface area contributed by atoms with Crippen LogP contribution < -0.4 is 14.8 Å². The van der Waals surface area contributed by atoms with Crippen LogP contribution >= 0.6 is 0 Å². The van der Waals surface area contributed by atoms with Gasteiger partial charge in [-0.05, 0) is 63.9 Å². The first-order valence-electron chi connectivity index (χ1n) is 11.8. The summed E-state index contributed by atoms with van der Waals surface area (Å²) in [4.78, 5) is 27.9. The second-order valence-corrected chi connectivity index (χ2v) is 8.62. The summed E-state index contributed by atoms with van der Waals surface area (Å²) < 4.78 is 17.0. The number of rotatable bonds is 12. The van der Waals surface area contributed by atoms with Crippen LogP contribution in [-0.4, -0.2) is 48.7 Å². The van der Waals surface area contributed by atoms with Crippen molar-refractivity contribution in [2.45, 2.75) is 53.2 Å². The van der Waals surface area contributed by atoms with Gasteiger partial charge in [-0.25, -0.2) is 0 Å². The molecule has 0 fully saturated rings. The topological polar surface area (TPSA) is 77.1 Å². The van der Waals surface area contributed by atoms with E-state index >= 15 is 0 Å². The first kappa shape index (κ1) is 25.3. The predicted molar refractivity (Wildman–Crippen MR) is 133 cm³/mol. The molecule has 2 aromatic carbocycles. The summed E-state index contributed by atoms with van der Waals surface area (Å²) in [7, 11) is 0. The molecule has 34 heavy (non-hydrogen) atoms. The Labute approximate surface area is 201 Å². The molecule has 0 unspecified atom stereocenters. The van der Waals surface area contributed by atoms with Crippen molar-refractivity contribution in [3.63, 3.8) is 0 Å². The fraction of sp³-hybridized carbons (Fsp3) is 0.407. The molecule has 1 N–H and O–H groups in total. The van der Waals surface area contributed by atoms with Crippen molar-refractivity contribution in [1.29, 1.82) is 0 Å². The van der Waals surface area contributed by atoms with Crippen molar-refractivity contribution >= 4 is 23.1 Å². The monoisotopic (exact) mass is 466 g/mol. The van der Waals surface area contributed by atoms with Crippen molar-refractivity contribution in [2.75, 3.05) is 25.1 Å². The van der Waals surface area contributed by atoms with Gasteiger partial charge in [0.15, 0.2) is 0 Å². The Balaban J connectivity index is 1.93. The summed E-state index contributed by atoms with van der Waals surface area (Å²) in [5.41, 5.74) is 1.87. The Bertz CT molecular complexity index is 1030. The highest BCUT2D eigenvalue weighted by molar-refractivity contribution is 6.36. The number of ether oxygens (including phenoxy) is 3. The smallest absolute Gasteiger partial charge is 0.278 e. The number of imide groups is 1. The molecule has 0 aliphatic carbocycles. The Morgan fingerprint density at radius 1 is 0.882 bits per heavy atom. The van der Waals surface area contributed by atoms with Crippen molar-refractivity contribution in [1.82, 2.24) is 4.90 Å². The SMILES string of the molecule is CCCOc1cccc(NC2=C(c3ccc(OC(C)C)cc3)C(=O)N(CCOC(C)C)C2=O)c1. The van der Waals surface area contributed by atoms with E-state index in [0.717, 1.165) is 6.42 Å². The zero-order chi connectivity index (χ0) is 24.7. The summed E-state index contributed by atoms with van der Waals surface area (Å²) in [6.07, 6.45) is 0.942. The minimum Gasteiger partial charge on any atom is -0.494 e. The van der Waals surface area contributed by atoms with Crippen LogP contribution in [0.15, 0.2) is 54.2 Å². The van der Waals surface area contributed by atoms with E-state index in [-0.39, 0.29) is 42.9 Å². The number of carbonyl (C=O) groups excluding carboxylic acids is 2. The number of nitrogens with one attached hydrogen (secondary N) is 1. The molecule has 1 heterocycles. The van der Waals surface area contributed by atoms with E-state index in [9.17, 15) is 9.59 Å². The molecular weight excluding hydrogens is 432 g/mol. The quantitative estimate of drug-likeness (QED) is 0.449. The van der Waals surface area contributed by atoms with E-state index < -0.39 is 0 Å². The molecular formula is C27H34N2O5. The van der Waals surface area contributed by atoms with Crippen molar-refractivity contribution < 1.29 is 23.8 Å². The summed E-state index contributed by atoms with van der Waals surface area (Å²) in [5, 5.41) is 3.18. The van der Waals surface area contributed by atoms with Gasteiger partial charge in [0.25, 0.3) is 11.8 Å². The van der Waals surface area contributed by atoms with Crippen molar-refractivity contribution in [3.8, 4) is 11.5 Å². The molecule has 0 spiro atoms. The number of hydrogen-bond acceptors (Lipinski definition) is 6. The van der Waals surface area contributed by atoms with Gasteiger partial charge in [-0.15, -0.1) is 0 Å². The molecule has 1 aliphatic heterocycles. The standard InChI is InChI=1S/C27H34N2O5/c1-6-15-33-23-9-7-8-21(17-23)28-25-24(20-10-12-22(13-11-20)34-19(4)5)26(30)29(27(25)31)14-16-32-18(2)3/h7-13,17-19,28H,6,14-16H2,1-5H3. The van der Waals surface area contributed by atoms with Crippen molar-refractivity contribution in [2.24, 2.45) is 0 Å². The first-order chi connectivity index (χ1) is 16.3. The lowest BCUT2D eigenvalue weighted by molar-refractivity contribution is -0.137. The normalized spacial score (nSPS) is 13.9. The maximum atomic E-state index is 13.4. The van der Waals surface area contributed by atoms with E-state index in [1.165, 1.54) is 4.90 Å². The van der Waals surface area contributed by atoms with E-state index in [0.29, 0.717) is 34.9 Å². The number of benzene rings is 2. The third kappa shape index (κ3) is 6.38. The average molecular weight is 467 g/mol. The third-order valence-corrected chi connectivity index (χ3v) is 5.03. The molecule has 0 aromatic heterocycles. The molecule has 3 rings (SSSR count). The van der Waals surface area contributed by atoms with Gasteiger partial charge in [-0.1, -0.05) is 25.1 Å². The molecule has 7 nitrogen and oxygen atoms in total.